The Bertz CT molecular complexity index is 650. The zero-order chi connectivity index (χ0) is 13.2. The second kappa shape index (κ2) is 5.05. The molecule has 3 N–H and O–H groups in total. The molecule has 0 aliphatic rings. The van der Waals surface area contributed by atoms with Gasteiger partial charge < -0.3 is 5.73 Å². The van der Waals surface area contributed by atoms with Crippen LogP contribution in [0.1, 0.15) is 10.6 Å². The van der Waals surface area contributed by atoms with Crippen LogP contribution in [0.3, 0.4) is 0 Å². The number of nitrogens with two attached hydrogens (primary N) is 1. The molecule has 5 nitrogen and oxygen atoms in total. The molecule has 0 fully saturated rings. The van der Waals surface area contributed by atoms with Crippen LogP contribution in [-0.2, 0) is 16.6 Å². The summed E-state index contributed by atoms with van der Waals surface area (Å²) in [5.74, 6) is 0. The van der Waals surface area contributed by atoms with Crippen LogP contribution in [0.4, 0.5) is 5.69 Å². The fourth-order valence-electron chi connectivity index (χ4n) is 1.46. The summed E-state index contributed by atoms with van der Waals surface area (Å²) in [6.45, 7) is 2.07. The maximum Gasteiger partial charge on any atom is 0.242 e. The van der Waals surface area contributed by atoms with Gasteiger partial charge in [0.15, 0.2) is 0 Å². The Balaban J connectivity index is 2.19. The van der Waals surface area contributed by atoms with Crippen molar-refractivity contribution in [2.75, 3.05) is 5.73 Å². The van der Waals surface area contributed by atoms with Crippen LogP contribution in [0, 0.1) is 6.92 Å². The maximum atomic E-state index is 12.1. The number of nitrogen functional groups attached to an aromatic ring is 1. The number of nitrogens with one attached hydrogen (secondary N) is 1. The normalized spacial score (nSPS) is 11.6. The van der Waals surface area contributed by atoms with Crippen LogP contribution < -0.4 is 10.5 Å². The summed E-state index contributed by atoms with van der Waals surface area (Å²) >= 11 is 1.42. The van der Waals surface area contributed by atoms with E-state index in [1.807, 2.05) is 6.92 Å². The van der Waals surface area contributed by atoms with Crippen molar-refractivity contribution in [3.05, 3.63) is 40.3 Å². The molecule has 0 saturated heterocycles. The number of sulfonamides is 1. The lowest BCUT2D eigenvalue weighted by molar-refractivity contribution is 0.582. The first kappa shape index (κ1) is 13.0. The van der Waals surface area contributed by atoms with Crippen LogP contribution in [0.2, 0.25) is 0 Å². The fraction of sp³-hybridized carbons (Fsp3) is 0.182. The van der Waals surface area contributed by atoms with Crippen molar-refractivity contribution in [2.24, 2.45) is 0 Å². The van der Waals surface area contributed by atoms with Crippen LogP contribution >= 0.6 is 11.3 Å². The molecule has 7 heteroatoms. The highest BCUT2D eigenvalue weighted by atomic mass is 32.2. The minimum atomic E-state index is -3.58. The molecule has 0 aliphatic heterocycles. The third-order valence-electron chi connectivity index (χ3n) is 2.48. The van der Waals surface area contributed by atoms with Crippen molar-refractivity contribution < 1.29 is 8.42 Å². The van der Waals surface area contributed by atoms with E-state index < -0.39 is 10.0 Å². The molecule has 0 saturated carbocycles. The number of benzene rings is 1. The number of rotatable bonds is 4. The summed E-state index contributed by atoms with van der Waals surface area (Å²) in [7, 11) is -3.58. The highest BCUT2D eigenvalue weighted by Crippen LogP contribution is 2.18. The number of nitrogens with zero attached hydrogens (tertiary/aromatic N) is 1. The summed E-state index contributed by atoms with van der Waals surface area (Å²) in [4.78, 5) is 5.07. The molecule has 96 valence electrons. The molecule has 1 aromatic carbocycles. The van der Waals surface area contributed by atoms with Gasteiger partial charge in [-0.15, -0.1) is 11.3 Å². The zero-order valence-electron chi connectivity index (χ0n) is 9.75. The van der Waals surface area contributed by atoms with Crippen molar-refractivity contribution in [3.63, 3.8) is 0 Å². The van der Waals surface area contributed by atoms with Gasteiger partial charge in [-0.2, -0.15) is 0 Å². The Kier molecular flexibility index (Phi) is 3.65. The van der Waals surface area contributed by atoms with Crippen LogP contribution in [-0.4, -0.2) is 13.4 Å². The number of para-hydroxylation sites is 1. The summed E-state index contributed by atoms with van der Waals surface area (Å²) in [6.07, 6.45) is 0. The average molecular weight is 283 g/mol. The quantitative estimate of drug-likeness (QED) is 0.833. The largest absolute Gasteiger partial charge is 0.398 e. The molecule has 0 aliphatic carbocycles. The number of aromatic nitrogens is 1. The Morgan fingerprint density at radius 3 is 2.72 bits per heavy atom. The molecular formula is C11H13N3O2S2. The molecule has 1 heterocycles. The topological polar surface area (TPSA) is 85.1 Å². The molecule has 0 unspecified atom stereocenters. The van der Waals surface area contributed by atoms with Gasteiger partial charge in [-0.05, 0) is 19.1 Å². The van der Waals surface area contributed by atoms with E-state index in [0.29, 0.717) is 0 Å². The lowest BCUT2D eigenvalue weighted by Gasteiger charge is -2.08. The molecule has 2 rings (SSSR count). The van der Waals surface area contributed by atoms with Gasteiger partial charge in [0.2, 0.25) is 10.0 Å². The molecule has 0 spiro atoms. The number of hydrogen-bond acceptors (Lipinski definition) is 5. The molecule has 1 aromatic heterocycles. The highest BCUT2D eigenvalue weighted by Gasteiger charge is 2.17. The van der Waals surface area contributed by atoms with Crippen molar-refractivity contribution in [1.82, 2.24) is 9.71 Å². The summed E-state index contributed by atoms with van der Waals surface area (Å²) in [5, 5.41) is 0. The SMILES string of the molecule is Cc1ncsc1CNS(=O)(=O)c1ccccc1N. The smallest absolute Gasteiger partial charge is 0.242 e. The molecule has 0 bridgehead atoms. The first-order valence-electron chi connectivity index (χ1n) is 5.24. The van der Waals surface area contributed by atoms with E-state index in [9.17, 15) is 8.42 Å². The second-order valence-corrected chi connectivity index (χ2v) is 6.40. The number of thiazole rings is 1. The van der Waals surface area contributed by atoms with Gasteiger partial charge >= 0.3 is 0 Å². The van der Waals surface area contributed by atoms with Gasteiger partial charge in [0.1, 0.15) is 4.90 Å². The summed E-state index contributed by atoms with van der Waals surface area (Å²) < 4.78 is 26.6. The lowest BCUT2D eigenvalue weighted by Crippen LogP contribution is -2.24. The average Bonchev–Trinajstić information content (AvgIpc) is 2.73. The lowest BCUT2D eigenvalue weighted by atomic mass is 10.3. The first-order valence-corrected chi connectivity index (χ1v) is 7.60. The maximum absolute atomic E-state index is 12.1. The summed E-state index contributed by atoms with van der Waals surface area (Å²) in [6, 6.07) is 6.38. The van der Waals surface area contributed by atoms with Gasteiger partial charge in [-0.25, -0.2) is 18.1 Å². The van der Waals surface area contributed by atoms with Crippen molar-refractivity contribution in [3.8, 4) is 0 Å². The molecule has 0 radical (unpaired) electrons. The second-order valence-electron chi connectivity index (χ2n) is 3.72. The van der Waals surface area contributed by atoms with E-state index in [0.717, 1.165) is 10.6 Å². The van der Waals surface area contributed by atoms with Gasteiger partial charge in [0.25, 0.3) is 0 Å². The number of hydrogen-bond donors (Lipinski definition) is 2. The standard InChI is InChI=1S/C11H13N3O2S2/c1-8-10(17-7-13-8)6-14-18(15,16)11-5-3-2-4-9(11)12/h2-5,7,14H,6,12H2,1H3. The van der Waals surface area contributed by atoms with Crippen LogP contribution in [0.15, 0.2) is 34.7 Å². The minimum Gasteiger partial charge on any atom is -0.398 e. The first-order chi connectivity index (χ1) is 8.50. The molecular weight excluding hydrogens is 270 g/mol. The van der Waals surface area contributed by atoms with E-state index in [2.05, 4.69) is 9.71 Å². The van der Waals surface area contributed by atoms with E-state index in [1.165, 1.54) is 17.4 Å². The van der Waals surface area contributed by atoms with Crippen LogP contribution in [0.5, 0.6) is 0 Å². The molecule has 2 aromatic rings. The van der Waals surface area contributed by atoms with Crippen molar-refractivity contribution >= 4 is 27.0 Å². The zero-order valence-corrected chi connectivity index (χ0v) is 11.4. The predicted molar refractivity (Wildman–Crippen MR) is 71.7 cm³/mol. The molecule has 0 amide bonds. The third-order valence-corrected chi connectivity index (χ3v) is 4.89. The third kappa shape index (κ3) is 2.69. The Morgan fingerprint density at radius 2 is 2.11 bits per heavy atom. The monoisotopic (exact) mass is 283 g/mol. The fourth-order valence-corrected chi connectivity index (χ4v) is 3.39. The van der Waals surface area contributed by atoms with E-state index >= 15 is 0 Å². The predicted octanol–water partition coefficient (Wildman–Crippen LogP) is 1.51. The van der Waals surface area contributed by atoms with E-state index in [-0.39, 0.29) is 17.1 Å². The van der Waals surface area contributed by atoms with Crippen molar-refractivity contribution in [1.29, 1.82) is 0 Å². The number of aryl methyl sites for hydroxylation is 1. The van der Waals surface area contributed by atoms with Gasteiger partial charge in [0.05, 0.1) is 16.9 Å². The minimum absolute atomic E-state index is 0.104. The van der Waals surface area contributed by atoms with Gasteiger partial charge in [-0.1, -0.05) is 12.1 Å². The molecule has 0 atom stereocenters. The molecule has 18 heavy (non-hydrogen) atoms. The van der Waals surface area contributed by atoms with Crippen molar-refractivity contribution in [2.45, 2.75) is 18.4 Å². The van der Waals surface area contributed by atoms with Gasteiger partial charge in [0, 0.05) is 11.4 Å². The summed E-state index contributed by atoms with van der Waals surface area (Å²) in [5.41, 5.74) is 8.43. The Morgan fingerprint density at radius 1 is 1.39 bits per heavy atom. The Labute approximate surface area is 110 Å². The van der Waals surface area contributed by atoms with E-state index in [1.54, 1.807) is 23.7 Å². The Hall–Kier alpha value is -1.44. The number of anilines is 1. The van der Waals surface area contributed by atoms with E-state index in [4.69, 9.17) is 5.73 Å². The highest BCUT2D eigenvalue weighted by molar-refractivity contribution is 7.89. The van der Waals surface area contributed by atoms with Crippen LogP contribution in [0.25, 0.3) is 0 Å². The van der Waals surface area contributed by atoms with Gasteiger partial charge in [-0.3, -0.25) is 0 Å².